The Kier molecular flexibility index (Phi) is 4.90. The summed E-state index contributed by atoms with van der Waals surface area (Å²) in [6.07, 6.45) is 1.13. The highest BCUT2D eigenvalue weighted by atomic mass is 79.9. The van der Waals surface area contributed by atoms with Gasteiger partial charge in [0.05, 0.1) is 6.26 Å². The number of hydrogen-bond acceptors (Lipinski definition) is 3. The first-order valence-electron chi connectivity index (χ1n) is 6.43. The molecule has 0 bridgehead atoms. The number of anilines is 2. The number of rotatable bonds is 5. The van der Waals surface area contributed by atoms with Crippen molar-refractivity contribution in [1.82, 2.24) is 0 Å². The van der Waals surface area contributed by atoms with Crippen LogP contribution in [-0.2, 0) is 10.0 Å². The van der Waals surface area contributed by atoms with E-state index in [1.807, 2.05) is 24.3 Å². The minimum atomic E-state index is -3.24. The third kappa shape index (κ3) is 5.06. The molecule has 6 heteroatoms. The van der Waals surface area contributed by atoms with Crippen LogP contribution in [0.15, 0.2) is 53.0 Å². The van der Waals surface area contributed by atoms with E-state index < -0.39 is 10.0 Å². The molecule has 0 heterocycles. The molecule has 2 aromatic rings. The average Bonchev–Trinajstić information content (AvgIpc) is 2.39. The highest BCUT2D eigenvalue weighted by Crippen LogP contribution is 2.23. The number of hydrogen-bond donors (Lipinski definition) is 2. The molecule has 2 N–H and O–H groups in total. The first-order valence-corrected chi connectivity index (χ1v) is 9.12. The topological polar surface area (TPSA) is 58.2 Å². The zero-order valence-corrected chi connectivity index (χ0v) is 14.2. The van der Waals surface area contributed by atoms with E-state index in [4.69, 9.17) is 0 Å². The van der Waals surface area contributed by atoms with Gasteiger partial charge in [-0.25, -0.2) is 8.42 Å². The van der Waals surface area contributed by atoms with E-state index in [1.54, 1.807) is 12.1 Å². The van der Waals surface area contributed by atoms with Crippen molar-refractivity contribution in [2.45, 2.75) is 13.0 Å². The van der Waals surface area contributed by atoms with E-state index >= 15 is 0 Å². The Hall–Kier alpha value is -1.53. The average molecular weight is 369 g/mol. The molecule has 0 amide bonds. The lowest BCUT2D eigenvalue weighted by Crippen LogP contribution is -2.10. The third-order valence-electron chi connectivity index (χ3n) is 2.92. The predicted molar refractivity (Wildman–Crippen MR) is 91.1 cm³/mol. The van der Waals surface area contributed by atoms with E-state index in [0.717, 1.165) is 16.4 Å². The molecule has 0 aliphatic carbocycles. The SMILES string of the molecule is CC(Nc1ccc(NS(C)(=O)=O)cc1)c1cccc(Br)c1. The van der Waals surface area contributed by atoms with Crippen molar-refractivity contribution in [3.05, 3.63) is 58.6 Å². The van der Waals surface area contributed by atoms with Crippen LogP contribution in [0.4, 0.5) is 11.4 Å². The van der Waals surface area contributed by atoms with Gasteiger partial charge in [-0.3, -0.25) is 4.72 Å². The first kappa shape index (κ1) is 15.9. The fourth-order valence-electron chi connectivity index (χ4n) is 1.96. The van der Waals surface area contributed by atoms with Crippen molar-refractivity contribution in [3.8, 4) is 0 Å². The van der Waals surface area contributed by atoms with Crippen LogP contribution in [0.25, 0.3) is 0 Å². The van der Waals surface area contributed by atoms with Gasteiger partial charge in [0.25, 0.3) is 0 Å². The van der Waals surface area contributed by atoms with Crippen LogP contribution in [0.1, 0.15) is 18.5 Å². The van der Waals surface area contributed by atoms with Crippen LogP contribution in [-0.4, -0.2) is 14.7 Å². The third-order valence-corrected chi connectivity index (χ3v) is 4.02. The molecule has 2 aromatic carbocycles. The molecule has 21 heavy (non-hydrogen) atoms. The molecule has 0 saturated heterocycles. The molecule has 0 aliphatic heterocycles. The minimum Gasteiger partial charge on any atom is -0.379 e. The van der Waals surface area contributed by atoms with Gasteiger partial charge in [0.1, 0.15) is 0 Å². The Morgan fingerprint density at radius 1 is 1.05 bits per heavy atom. The van der Waals surface area contributed by atoms with E-state index in [9.17, 15) is 8.42 Å². The maximum Gasteiger partial charge on any atom is 0.229 e. The van der Waals surface area contributed by atoms with E-state index in [0.29, 0.717) is 5.69 Å². The summed E-state index contributed by atoms with van der Waals surface area (Å²) in [4.78, 5) is 0. The number of nitrogens with one attached hydrogen (secondary N) is 2. The lowest BCUT2D eigenvalue weighted by atomic mass is 10.1. The number of benzene rings is 2. The van der Waals surface area contributed by atoms with Gasteiger partial charge in [0.15, 0.2) is 0 Å². The van der Waals surface area contributed by atoms with Crippen LogP contribution >= 0.6 is 15.9 Å². The van der Waals surface area contributed by atoms with Crippen molar-refractivity contribution >= 4 is 37.3 Å². The maximum absolute atomic E-state index is 11.1. The molecule has 0 radical (unpaired) electrons. The van der Waals surface area contributed by atoms with Crippen LogP contribution in [0.2, 0.25) is 0 Å². The van der Waals surface area contributed by atoms with Gasteiger partial charge in [-0.05, 0) is 48.9 Å². The summed E-state index contributed by atoms with van der Waals surface area (Å²) in [5.41, 5.74) is 2.65. The maximum atomic E-state index is 11.1. The van der Waals surface area contributed by atoms with Crippen LogP contribution in [0, 0.1) is 0 Å². The molecular formula is C15H17BrN2O2S. The minimum absolute atomic E-state index is 0.149. The zero-order valence-electron chi connectivity index (χ0n) is 11.8. The Morgan fingerprint density at radius 2 is 1.67 bits per heavy atom. The summed E-state index contributed by atoms with van der Waals surface area (Å²) in [5, 5.41) is 3.38. The normalized spacial score (nSPS) is 12.7. The second kappa shape index (κ2) is 6.49. The Bertz CT molecular complexity index is 715. The molecule has 112 valence electrons. The second-order valence-corrected chi connectivity index (χ2v) is 7.54. The molecule has 0 aliphatic rings. The summed E-state index contributed by atoms with van der Waals surface area (Å²) in [6.45, 7) is 2.07. The van der Waals surface area contributed by atoms with Crippen molar-refractivity contribution in [3.63, 3.8) is 0 Å². The van der Waals surface area contributed by atoms with Gasteiger partial charge in [-0.2, -0.15) is 0 Å². The van der Waals surface area contributed by atoms with Crippen molar-refractivity contribution in [1.29, 1.82) is 0 Å². The number of halogens is 1. The van der Waals surface area contributed by atoms with E-state index in [1.165, 1.54) is 5.56 Å². The smallest absolute Gasteiger partial charge is 0.229 e. The summed E-state index contributed by atoms with van der Waals surface area (Å²) in [5.74, 6) is 0. The second-order valence-electron chi connectivity index (χ2n) is 4.87. The van der Waals surface area contributed by atoms with Crippen molar-refractivity contribution in [2.75, 3.05) is 16.3 Å². The van der Waals surface area contributed by atoms with Gasteiger partial charge in [-0.1, -0.05) is 28.1 Å². The largest absolute Gasteiger partial charge is 0.379 e. The molecule has 4 nitrogen and oxygen atoms in total. The van der Waals surface area contributed by atoms with Crippen LogP contribution in [0.5, 0.6) is 0 Å². The molecule has 0 aromatic heterocycles. The van der Waals surface area contributed by atoms with Gasteiger partial charge in [0.2, 0.25) is 10.0 Å². The Balaban J connectivity index is 2.06. The highest BCUT2D eigenvalue weighted by molar-refractivity contribution is 9.10. The summed E-state index contributed by atoms with van der Waals surface area (Å²) in [6, 6.07) is 15.4. The fourth-order valence-corrected chi connectivity index (χ4v) is 2.94. The van der Waals surface area contributed by atoms with Gasteiger partial charge in [-0.15, -0.1) is 0 Å². The van der Waals surface area contributed by atoms with Gasteiger partial charge >= 0.3 is 0 Å². The van der Waals surface area contributed by atoms with Gasteiger partial charge in [0, 0.05) is 21.9 Å². The lowest BCUT2D eigenvalue weighted by Gasteiger charge is -2.16. The Morgan fingerprint density at radius 3 is 2.24 bits per heavy atom. The first-order chi connectivity index (χ1) is 9.83. The number of sulfonamides is 1. The van der Waals surface area contributed by atoms with Crippen LogP contribution < -0.4 is 10.0 Å². The summed E-state index contributed by atoms with van der Waals surface area (Å²) >= 11 is 3.46. The van der Waals surface area contributed by atoms with E-state index in [-0.39, 0.29) is 6.04 Å². The molecule has 0 saturated carbocycles. The molecule has 1 atom stereocenters. The lowest BCUT2D eigenvalue weighted by molar-refractivity contribution is 0.607. The van der Waals surface area contributed by atoms with Crippen molar-refractivity contribution < 1.29 is 8.42 Å². The quantitative estimate of drug-likeness (QED) is 0.838. The zero-order chi connectivity index (χ0) is 15.5. The van der Waals surface area contributed by atoms with Crippen LogP contribution in [0.3, 0.4) is 0 Å². The molecular weight excluding hydrogens is 352 g/mol. The predicted octanol–water partition coefficient (Wildman–Crippen LogP) is 3.99. The fraction of sp³-hybridized carbons (Fsp3) is 0.200. The summed E-state index contributed by atoms with van der Waals surface area (Å²) in [7, 11) is -3.24. The van der Waals surface area contributed by atoms with E-state index in [2.05, 4.69) is 45.0 Å². The van der Waals surface area contributed by atoms with Crippen molar-refractivity contribution in [2.24, 2.45) is 0 Å². The standard InChI is InChI=1S/C15H17BrN2O2S/c1-11(12-4-3-5-13(16)10-12)17-14-6-8-15(9-7-14)18-21(2,19)20/h3-11,17-18H,1-2H3. The monoisotopic (exact) mass is 368 g/mol. The molecule has 0 fully saturated rings. The molecule has 2 rings (SSSR count). The molecule has 0 spiro atoms. The van der Waals surface area contributed by atoms with Gasteiger partial charge < -0.3 is 5.32 Å². The summed E-state index contributed by atoms with van der Waals surface area (Å²) < 4.78 is 25.8. The highest BCUT2D eigenvalue weighted by Gasteiger charge is 2.06. The Labute approximate surface area is 133 Å². The molecule has 1 unspecified atom stereocenters.